The highest BCUT2D eigenvalue weighted by Gasteiger charge is 2.40. The van der Waals surface area contributed by atoms with E-state index in [4.69, 9.17) is 13.9 Å². The molecule has 0 aliphatic carbocycles. The summed E-state index contributed by atoms with van der Waals surface area (Å²) >= 11 is 0. The molecule has 1 aromatic carbocycles. The molecule has 1 fully saturated rings. The maximum Gasteiger partial charge on any atom is 0.314 e. The Morgan fingerprint density at radius 1 is 1.28 bits per heavy atom. The first-order valence-electron chi connectivity index (χ1n) is 9.64. The largest absolute Gasteiger partial charge is 0.491 e. The summed E-state index contributed by atoms with van der Waals surface area (Å²) in [4.78, 5) is 15.2. The maximum absolute atomic E-state index is 13.3. The second kappa shape index (κ2) is 7.70. The number of carbonyl (C=O) groups is 1. The molecule has 29 heavy (non-hydrogen) atoms. The van der Waals surface area contributed by atoms with Crippen LogP contribution in [0.15, 0.2) is 22.6 Å². The van der Waals surface area contributed by atoms with Crippen LogP contribution in [-0.4, -0.2) is 46.9 Å². The van der Waals surface area contributed by atoms with Crippen molar-refractivity contribution in [1.29, 1.82) is 0 Å². The Labute approximate surface area is 167 Å². The average Bonchev–Trinajstić information content (AvgIpc) is 3.15. The van der Waals surface area contributed by atoms with Crippen molar-refractivity contribution >= 4 is 5.91 Å². The zero-order chi connectivity index (χ0) is 20.6. The highest BCUT2D eigenvalue weighted by atomic mass is 19.3. The minimum Gasteiger partial charge on any atom is -0.491 e. The monoisotopic (exact) mass is 407 g/mol. The molecule has 156 valence electrons. The van der Waals surface area contributed by atoms with Gasteiger partial charge in [-0.3, -0.25) is 4.79 Å². The Hall–Kier alpha value is -2.55. The number of hydrogen-bond acceptors (Lipinski definition) is 6. The molecule has 3 heterocycles. The highest BCUT2D eigenvalue weighted by Crippen LogP contribution is 2.36. The van der Waals surface area contributed by atoms with Crippen LogP contribution in [0.3, 0.4) is 0 Å². The van der Waals surface area contributed by atoms with E-state index in [0.29, 0.717) is 50.5 Å². The molecule has 0 radical (unpaired) electrons. The zero-order valence-corrected chi connectivity index (χ0v) is 16.4. The summed E-state index contributed by atoms with van der Waals surface area (Å²) in [7, 11) is 0. The van der Waals surface area contributed by atoms with Crippen LogP contribution in [0.25, 0.3) is 11.5 Å². The van der Waals surface area contributed by atoms with E-state index in [1.165, 1.54) is 0 Å². The number of aromatic nitrogens is 2. The van der Waals surface area contributed by atoms with Gasteiger partial charge in [-0.15, -0.1) is 10.2 Å². The van der Waals surface area contributed by atoms with Crippen LogP contribution >= 0.6 is 0 Å². The third kappa shape index (κ3) is 3.83. The minimum atomic E-state index is -2.82. The standard InChI is InChI=1S/C20H23F2N3O4/c1-12-11-28-15-9-13(17-23-24-18(29-17)16(21)22)3-4-14(15)10-25(12)19(26)20(2)5-7-27-8-6-20/h3-4,9,12,16H,5-8,10-11H2,1-2H3/t12-/m1/s1. The van der Waals surface area contributed by atoms with Crippen molar-refractivity contribution in [2.24, 2.45) is 5.41 Å². The Morgan fingerprint density at radius 2 is 2.03 bits per heavy atom. The van der Waals surface area contributed by atoms with Crippen molar-refractivity contribution in [2.75, 3.05) is 19.8 Å². The molecule has 0 N–H and O–H groups in total. The van der Waals surface area contributed by atoms with E-state index in [2.05, 4.69) is 10.2 Å². The number of rotatable bonds is 3. The number of alkyl halides is 2. The highest BCUT2D eigenvalue weighted by molar-refractivity contribution is 5.83. The van der Waals surface area contributed by atoms with Crippen molar-refractivity contribution in [3.63, 3.8) is 0 Å². The quantitative estimate of drug-likeness (QED) is 0.774. The van der Waals surface area contributed by atoms with Crippen molar-refractivity contribution in [2.45, 2.75) is 45.7 Å². The maximum atomic E-state index is 13.3. The van der Waals surface area contributed by atoms with Gasteiger partial charge in [-0.25, -0.2) is 0 Å². The van der Waals surface area contributed by atoms with Gasteiger partial charge >= 0.3 is 6.43 Å². The first-order valence-corrected chi connectivity index (χ1v) is 9.64. The van der Waals surface area contributed by atoms with Gasteiger partial charge in [0.05, 0.1) is 11.5 Å². The van der Waals surface area contributed by atoms with Crippen LogP contribution < -0.4 is 4.74 Å². The van der Waals surface area contributed by atoms with Gasteiger partial charge in [0, 0.05) is 30.9 Å². The second-order valence-electron chi connectivity index (χ2n) is 7.83. The molecule has 1 saturated heterocycles. The van der Waals surface area contributed by atoms with E-state index in [1.807, 2.05) is 24.8 Å². The number of nitrogens with zero attached hydrogens (tertiary/aromatic N) is 3. The fraction of sp³-hybridized carbons (Fsp3) is 0.550. The lowest BCUT2D eigenvalue weighted by Gasteiger charge is -2.38. The summed E-state index contributed by atoms with van der Waals surface area (Å²) in [5.41, 5.74) is 0.898. The predicted octanol–water partition coefficient (Wildman–Crippen LogP) is 3.60. The lowest BCUT2D eigenvalue weighted by Crippen LogP contribution is -2.49. The van der Waals surface area contributed by atoms with Gasteiger partial charge < -0.3 is 18.8 Å². The van der Waals surface area contributed by atoms with Crippen LogP contribution in [0.1, 0.15) is 44.6 Å². The van der Waals surface area contributed by atoms with E-state index >= 15 is 0 Å². The first-order chi connectivity index (χ1) is 13.9. The molecule has 2 aliphatic heterocycles. The number of halogens is 2. The van der Waals surface area contributed by atoms with Crippen molar-refractivity contribution in [1.82, 2.24) is 15.1 Å². The molecular formula is C20H23F2N3O4. The molecule has 7 nitrogen and oxygen atoms in total. The van der Waals surface area contributed by atoms with Crippen LogP contribution in [-0.2, 0) is 16.1 Å². The van der Waals surface area contributed by atoms with E-state index < -0.39 is 17.7 Å². The Kier molecular flexibility index (Phi) is 5.24. The number of amides is 1. The second-order valence-corrected chi connectivity index (χ2v) is 7.83. The molecule has 2 aromatic rings. The van der Waals surface area contributed by atoms with Crippen LogP contribution in [0.4, 0.5) is 8.78 Å². The Balaban J connectivity index is 1.58. The molecule has 0 spiro atoms. The molecule has 1 amide bonds. The summed E-state index contributed by atoms with van der Waals surface area (Å²) < 4.78 is 41.8. The van der Waals surface area contributed by atoms with Gasteiger partial charge in [0.25, 0.3) is 5.89 Å². The fourth-order valence-corrected chi connectivity index (χ4v) is 3.69. The lowest BCUT2D eigenvalue weighted by molar-refractivity contribution is -0.149. The molecule has 4 rings (SSSR count). The smallest absolute Gasteiger partial charge is 0.314 e. The first kappa shape index (κ1) is 19.8. The van der Waals surface area contributed by atoms with Crippen LogP contribution in [0.5, 0.6) is 5.75 Å². The molecule has 0 saturated carbocycles. The van der Waals surface area contributed by atoms with Gasteiger partial charge in [-0.2, -0.15) is 8.78 Å². The molecule has 1 aromatic heterocycles. The number of benzene rings is 1. The predicted molar refractivity (Wildman–Crippen MR) is 98.4 cm³/mol. The summed E-state index contributed by atoms with van der Waals surface area (Å²) in [6.45, 7) is 5.88. The van der Waals surface area contributed by atoms with Crippen molar-refractivity contribution in [3.8, 4) is 17.2 Å². The topological polar surface area (TPSA) is 77.7 Å². The van der Waals surface area contributed by atoms with Crippen molar-refractivity contribution in [3.05, 3.63) is 29.7 Å². The van der Waals surface area contributed by atoms with Gasteiger partial charge in [-0.05, 0) is 31.9 Å². The SMILES string of the molecule is C[C@@H]1COc2cc(-c3nnc(C(F)F)o3)ccc2CN1C(=O)C1(C)CCOCC1. The number of fused-ring (bicyclic) bond motifs is 1. The minimum absolute atomic E-state index is 0.00615. The van der Waals surface area contributed by atoms with Gasteiger partial charge in [0.1, 0.15) is 12.4 Å². The molecule has 9 heteroatoms. The summed E-state index contributed by atoms with van der Waals surface area (Å²) in [5.74, 6) is -0.0246. The fourth-order valence-electron chi connectivity index (χ4n) is 3.69. The van der Waals surface area contributed by atoms with E-state index in [9.17, 15) is 13.6 Å². The molecule has 2 aliphatic rings. The Bertz CT molecular complexity index is 896. The number of carbonyl (C=O) groups excluding carboxylic acids is 1. The van der Waals surface area contributed by atoms with Crippen LogP contribution in [0.2, 0.25) is 0 Å². The van der Waals surface area contributed by atoms with Gasteiger partial charge in [0.15, 0.2) is 0 Å². The van der Waals surface area contributed by atoms with Crippen LogP contribution in [0, 0.1) is 5.41 Å². The average molecular weight is 407 g/mol. The van der Waals surface area contributed by atoms with Crippen molar-refractivity contribution < 1.29 is 27.5 Å². The van der Waals surface area contributed by atoms with Gasteiger partial charge in [-0.1, -0.05) is 13.0 Å². The third-order valence-corrected chi connectivity index (χ3v) is 5.67. The number of hydrogen-bond donors (Lipinski definition) is 0. The molecule has 1 atom stereocenters. The van der Waals surface area contributed by atoms with E-state index in [1.54, 1.807) is 12.1 Å². The van der Waals surface area contributed by atoms with E-state index in [0.717, 1.165) is 5.56 Å². The Morgan fingerprint density at radius 3 is 2.72 bits per heavy atom. The molecule has 0 bridgehead atoms. The number of ether oxygens (including phenoxy) is 2. The third-order valence-electron chi connectivity index (χ3n) is 5.67. The molecular weight excluding hydrogens is 384 g/mol. The lowest BCUT2D eigenvalue weighted by atomic mass is 9.80. The van der Waals surface area contributed by atoms with E-state index in [-0.39, 0.29) is 17.8 Å². The zero-order valence-electron chi connectivity index (χ0n) is 16.4. The summed E-state index contributed by atoms with van der Waals surface area (Å²) in [6.07, 6.45) is -1.42. The van der Waals surface area contributed by atoms with Gasteiger partial charge in [0.2, 0.25) is 11.8 Å². The molecule has 0 unspecified atom stereocenters. The normalized spacial score (nSPS) is 21.4. The summed E-state index contributed by atoms with van der Waals surface area (Å²) in [6, 6.07) is 5.10. The summed E-state index contributed by atoms with van der Waals surface area (Å²) in [5, 5.41) is 7.04.